The molecule has 0 N–H and O–H groups in total. The van der Waals surface area contributed by atoms with Crippen molar-refractivity contribution in [3.63, 3.8) is 0 Å². The second-order valence-corrected chi connectivity index (χ2v) is 2.39. The number of ether oxygens (including phenoxy) is 2. The molecule has 0 aromatic heterocycles. The van der Waals surface area contributed by atoms with Crippen LogP contribution in [-0.2, 0) is 9.47 Å². The molecule has 0 saturated carbocycles. The highest BCUT2D eigenvalue weighted by molar-refractivity contribution is 4.65. The summed E-state index contributed by atoms with van der Waals surface area (Å²) >= 11 is 0. The van der Waals surface area contributed by atoms with Gasteiger partial charge in [0.1, 0.15) is 0 Å². The first-order valence-corrected chi connectivity index (χ1v) is 4.09. The molecule has 0 amide bonds. The lowest BCUT2D eigenvalue weighted by Crippen LogP contribution is -2.02. The number of rotatable bonds is 8. The van der Waals surface area contributed by atoms with Crippen molar-refractivity contribution in [3.8, 4) is 0 Å². The maximum Gasteiger partial charge on any atom is 0.0700 e. The Bertz CT molecular complexity index is 81.6. The van der Waals surface area contributed by atoms with Gasteiger partial charge >= 0.3 is 0 Å². The van der Waals surface area contributed by atoms with E-state index >= 15 is 0 Å². The third-order valence-electron chi connectivity index (χ3n) is 1.38. The molecule has 0 aliphatic carbocycles. The number of hydrogen-bond acceptors (Lipinski definition) is 2. The van der Waals surface area contributed by atoms with Gasteiger partial charge in [0.15, 0.2) is 0 Å². The lowest BCUT2D eigenvalue weighted by Gasteiger charge is -2.01. The zero-order valence-electron chi connectivity index (χ0n) is 7.34. The third-order valence-corrected chi connectivity index (χ3v) is 1.38. The average Bonchev–Trinajstić information content (AvgIpc) is 2.03. The molecule has 0 fully saturated rings. The van der Waals surface area contributed by atoms with E-state index in [0.29, 0.717) is 13.2 Å². The van der Waals surface area contributed by atoms with Gasteiger partial charge in [-0.05, 0) is 19.3 Å². The van der Waals surface area contributed by atoms with Crippen LogP contribution in [-0.4, -0.2) is 26.9 Å². The SMILES string of the molecule is C=CCCCCOCCOC. The molecular formula is C9H18O2. The molecular weight excluding hydrogens is 140 g/mol. The molecule has 0 spiro atoms. The van der Waals surface area contributed by atoms with E-state index in [0.717, 1.165) is 19.4 Å². The van der Waals surface area contributed by atoms with Crippen molar-refractivity contribution in [1.29, 1.82) is 0 Å². The molecule has 0 aliphatic rings. The van der Waals surface area contributed by atoms with Gasteiger partial charge < -0.3 is 9.47 Å². The maximum atomic E-state index is 5.26. The van der Waals surface area contributed by atoms with Gasteiger partial charge in [-0.15, -0.1) is 6.58 Å². The van der Waals surface area contributed by atoms with Crippen LogP contribution in [0.4, 0.5) is 0 Å². The van der Waals surface area contributed by atoms with Crippen LogP contribution in [0.5, 0.6) is 0 Å². The van der Waals surface area contributed by atoms with Crippen LogP contribution in [0.25, 0.3) is 0 Å². The molecule has 66 valence electrons. The van der Waals surface area contributed by atoms with Crippen molar-refractivity contribution in [1.82, 2.24) is 0 Å². The predicted octanol–water partition coefficient (Wildman–Crippen LogP) is 2.01. The third kappa shape index (κ3) is 9.66. The van der Waals surface area contributed by atoms with E-state index in [-0.39, 0.29) is 0 Å². The summed E-state index contributed by atoms with van der Waals surface area (Å²) in [5.74, 6) is 0. The van der Waals surface area contributed by atoms with Gasteiger partial charge in [0, 0.05) is 13.7 Å². The van der Waals surface area contributed by atoms with Crippen LogP contribution in [0.2, 0.25) is 0 Å². The first kappa shape index (κ1) is 10.7. The summed E-state index contributed by atoms with van der Waals surface area (Å²) in [7, 11) is 1.68. The Morgan fingerprint density at radius 3 is 2.64 bits per heavy atom. The van der Waals surface area contributed by atoms with Gasteiger partial charge in [-0.2, -0.15) is 0 Å². The second-order valence-electron chi connectivity index (χ2n) is 2.39. The van der Waals surface area contributed by atoms with Gasteiger partial charge in [-0.1, -0.05) is 6.08 Å². The van der Waals surface area contributed by atoms with Crippen molar-refractivity contribution in [2.75, 3.05) is 26.9 Å². The van der Waals surface area contributed by atoms with Crippen molar-refractivity contribution < 1.29 is 9.47 Å². The highest BCUT2D eigenvalue weighted by Crippen LogP contribution is 1.95. The van der Waals surface area contributed by atoms with E-state index in [4.69, 9.17) is 9.47 Å². The van der Waals surface area contributed by atoms with Crippen LogP contribution in [0.15, 0.2) is 12.7 Å². The molecule has 0 rings (SSSR count). The van der Waals surface area contributed by atoms with Crippen molar-refractivity contribution >= 4 is 0 Å². The molecule has 0 bridgehead atoms. The van der Waals surface area contributed by atoms with Crippen LogP contribution < -0.4 is 0 Å². The summed E-state index contributed by atoms with van der Waals surface area (Å²) in [6.45, 7) is 5.90. The number of unbranched alkanes of at least 4 members (excludes halogenated alkanes) is 2. The summed E-state index contributed by atoms with van der Waals surface area (Å²) < 4.78 is 10.1. The monoisotopic (exact) mass is 158 g/mol. The normalized spacial score (nSPS) is 9.91. The molecule has 0 heterocycles. The highest BCUT2D eigenvalue weighted by Gasteiger charge is 1.87. The summed E-state index contributed by atoms with van der Waals surface area (Å²) in [5.41, 5.74) is 0. The Morgan fingerprint density at radius 2 is 2.00 bits per heavy atom. The first-order valence-electron chi connectivity index (χ1n) is 4.09. The molecule has 0 aromatic rings. The Labute approximate surface area is 69.2 Å². The smallest absolute Gasteiger partial charge is 0.0700 e. The van der Waals surface area contributed by atoms with Crippen LogP contribution in [0.3, 0.4) is 0 Å². The van der Waals surface area contributed by atoms with Crippen molar-refractivity contribution in [2.24, 2.45) is 0 Å². The fourth-order valence-corrected chi connectivity index (χ4v) is 0.737. The van der Waals surface area contributed by atoms with Crippen LogP contribution >= 0.6 is 0 Å². The Kier molecular flexibility index (Phi) is 9.36. The summed E-state index contributed by atoms with van der Waals surface area (Å²) in [6.07, 6.45) is 5.33. The zero-order valence-corrected chi connectivity index (χ0v) is 7.34. The molecule has 0 saturated heterocycles. The van der Waals surface area contributed by atoms with E-state index in [1.165, 1.54) is 6.42 Å². The van der Waals surface area contributed by atoms with Crippen LogP contribution in [0, 0.1) is 0 Å². The lowest BCUT2D eigenvalue weighted by atomic mass is 10.2. The highest BCUT2D eigenvalue weighted by atomic mass is 16.5. The molecule has 2 nitrogen and oxygen atoms in total. The molecule has 0 aromatic carbocycles. The summed E-state index contributed by atoms with van der Waals surface area (Å²) in [5, 5.41) is 0. The van der Waals surface area contributed by atoms with E-state index in [2.05, 4.69) is 6.58 Å². The minimum atomic E-state index is 0.696. The molecule has 2 heteroatoms. The minimum Gasteiger partial charge on any atom is -0.382 e. The quantitative estimate of drug-likeness (QED) is 0.397. The van der Waals surface area contributed by atoms with E-state index in [9.17, 15) is 0 Å². The zero-order chi connectivity index (χ0) is 8.36. The second kappa shape index (κ2) is 9.66. The predicted molar refractivity (Wildman–Crippen MR) is 46.7 cm³/mol. The Morgan fingerprint density at radius 1 is 1.18 bits per heavy atom. The molecule has 0 aliphatic heterocycles. The first-order chi connectivity index (χ1) is 5.41. The molecule has 0 unspecified atom stereocenters. The van der Waals surface area contributed by atoms with Gasteiger partial charge in [-0.3, -0.25) is 0 Å². The lowest BCUT2D eigenvalue weighted by molar-refractivity contribution is 0.0689. The standard InChI is InChI=1S/C9H18O2/c1-3-4-5-6-7-11-9-8-10-2/h3H,1,4-9H2,2H3. The fraction of sp³-hybridized carbons (Fsp3) is 0.778. The average molecular weight is 158 g/mol. The largest absolute Gasteiger partial charge is 0.382 e. The molecule has 0 radical (unpaired) electrons. The summed E-state index contributed by atoms with van der Waals surface area (Å²) in [4.78, 5) is 0. The van der Waals surface area contributed by atoms with E-state index in [1.54, 1.807) is 7.11 Å². The van der Waals surface area contributed by atoms with Gasteiger partial charge in [-0.25, -0.2) is 0 Å². The van der Waals surface area contributed by atoms with Gasteiger partial charge in [0.25, 0.3) is 0 Å². The topological polar surface area (TPSA) is 18.5 Å². The van der Waals surface area contributed by atoms with Gasteiger partial charge in [0.2, 0.25) is 0 Å². The fourth-order valence-electron chi connectivity index (χ4n) is 0.737. The van der Waals surface area contributed by atoms with E-state index < -0.39 is 0 Å². The number of hydrogen-bond donors (Lipinski definition) is 0. The molecule has 0 atom stereocenters. The summed E-state index contributed by atoms with van der Waals surface area (Å²) in [6, 6.07) is 0. The van der Waals surface area contributed by atoms with Crippen LogP contribution in [0.1, 0.15) is 19.3 Å². The van der Waals surface area contributed by atoms with Crippen molar-refractivity contribution in [2.45, 2.75) is 19.3 Å². The molecule has 11 heavy (non-hydrogen) atoms. The van der Waals surface area contributed by atoms with Crippen molar-refractivity contribution in [3.05, 3.63) is 12.7 Å². The Balaban J connectivity index is 2.74. The minimum absolute atomic E-state index is 0.696. The number of allylic oxidation sites excluding steroid dienone is 1. The van der Waals surface area contributed by atoms with Gasteiger partial charge in [0.05, 0.1) is 13.2 Å². The van der Waals surface area contributed by atoms with E-state index in [1.807, 2.05) is 6.08 Å². The maximum absolute atomic E-state index is 5.26. The Hall–Kier alpha value is -0.340. The number of methoxy groups -OCH3 is 1.